The van der Waals surface area contributed by atoms with Gasteiger partial charge in [0.1, 0.15) is 11.5 Å². The number of alkyl halides is 1. The van der Waals surface area contributed by atoms with Gasteiger partial charge in [0.15, 0.2) is 0 Å². The van der Waals surface area contributed by atoms with Crippen LogP contribution in [0.2, 0.25) is 0 Å². The lowest BCUT2D eigenvalue weighted by atomic mass is 9.89. The molecule has 0 radical (unpaired) electrons. The Labute approximate surface area is 82.1 Å². The lowest BCUT2D eigenvalue weighted by molar-refractivity contribution is 0.0909. The summed E-state index contributed by atoms with van der Waals surface area (Å²) in [6, 6.07) is 4.53. The van der Waals surface area contributed by atoms with E-state index >= 15 is 0 Å². The van der Waals surface area contributed by atoms with Gasteiger partial charge in [-0.1, -0.05) is 6.07 Å². The second-order valence-electron chi connectivity index (χ2n) is 4.00. The number of hydrogen-bond acceptors (Lipinski definition) is 1. The first-order valence-electron chi connectivity index (χ1n) is 4.74. The van der Waals surface area contributed by atoms with Crippen molar-refractivity contribution >= 4 is 0 Å². The summed E-state index contributed by atoms with van der Waals surface area (Å²) in [7, 11) is 0. The van der Waals surface area contributed by atoms with Crippen LogP contribution in [0.15, 0.2) is 18.2 Å². The molecule has 0 spiro atoms. The normalized spacial score (nSPS) is 19.1. The molecule has 14 heavy (non-hydrogen) atoms. The van der Waals surface area contributed by atoms with Crippen molar-refractivity contribution in [3.05, 3.63) is 35.1 Å². The molecule has 0 aromatic heterocycles. The molecular weight excluding hydrogens is 184 g/mol. The van der Waals surface area contributed by atoms with Gasteiger partial charge >= 0.3 is 0 Å². The molecule has 1 fully saturated rings. The molecule has 0 amide bonds. The minimum Gasteiger partial charge on any atom is -0.310 e. The van der Waals surface area contributed by atoms with Crippen LogP contribution in [0, 0.1) is 12.7 Å². The first-order chi connectivity index (χ1) is 6.59. The number of rotatable bonds is 2. The van der Waals surface area contributed by atoms with Gasteiger partial charge in [0, 0.05) is 19.5 Å². The van der Waals surface area contributed by atoms with Crippen molar-refractivity contribution in [1.82, 2.24) is 5.32 Å². The Kier molecular flexibility index (Phi) is 2.27. The number of hydrogen-bond donors (Lipinski definition) is 1. The van der Waals surface area contributed by atoms with E-state index in [0.29, 0.717) is 19.5 Å². The van der Waals surface area contributed by atoms with Crippen molar-refractivity contribution < 1.29 is 8.78 Å². The predicted molar refractivity (Wildman–Crippen MR) is 51.5 cm³/mol. The molecule has 3 heteroatoms. The molecule has 1 heterocycles. The van der Waals surface area contributed by atoms with Crippen molar-refractivity contribution in [2.45, 2.75) is 19.0 Å². The molecule has 76 valence electrons. The molecule has 0 atom stereocenters. The van der Waals surface area contributed by atoms with Gasteiger partial charge in [0.05, 0.1) is 0 Å². The Morgan fingerprint density at radius 1 is 1.43 bits per heavy atom. The smallest absolute Gasteiger partial charge is 0.139 e. The van der Waals surface area contributed by atoms with Crippen LogP contribution in [0.5, 0.6) is 0 Å². The number of aryl methyl sites for hydroxylation is 1. The van der Waals surface area contributed by atoms with E-state index in [2.05, 4.69) is 5.32 Å². The largest absolute Gasteiger partial charge is 0.310 e. The summed E-state index contributed by atoms with van der Waals surface area (Å²) >= 11 is 0. The lowest BCUT2D eigenvalue weighted by Gasteiger charge is -2.35. The molecule has 1 saturated heterocycles. The lowest BCUT2D eigenvalue weighted by Crippen LogP contribution is -2.57. The summed E-state index contributed by atoms with van der Waals surface area (Å²) in [5.41, 5.74) is 0.558. The third-order valence-electron chi connectivity index (χ3n) is 2.70. The van der Waals surface area contributed by atoms with Crippen molar-refractivity contribution in [2.24, 2.45) is 0 Å². The zero-order valence-electron chi connectivity index (χ0n) is 8.11. The number of benzene rings is 1. The van der Waals surface area contributed by atoms with Crippen molar-refractivity contribution in [3.63, 3.8) is 0 Å². The maximum absolute atomic E-state index is 13.7. The van der Waals surface area contributed by atoms with E-state index < -0.39 is 5.67 Å². The maximum Gasteiger partial charge on any atom is 0.139 e. The summed E-state index contributed by atoms with van der Waals surface area (Å²) < 4.78 is 26.6. The van der Waals surface area contributed by atoms with Crippen LogP contribution in [0.3, 0.4) is 0 Å². The average molecular weight is 197 g/mol. The van der Waals surface area contributed by atoms with Crippen molar-refractivity contribution in [1.29, 1.82) is 0 Å². The molecule has 0 aliphatic carbocycles. The summed E-state index contributed by atoms with van der Waals surface area (Å²) in [6.07, 6.45) is 0.309. The third kappa shape index (κ3) is 1.77. The molecule has 0 saturated carbocycles. The Morgan fingerprint density at radius 3 is 2.71 bits per heavy atom. The van der Waals surface area contributed by atoms with Gasteiger partial charge in [-0.25, -0.2) is 8.78 Å². The fourth-order valence-corrected chi connectivity index (χ4v) is 1.69. The molecule has 1 aliphatic heterocycles. The monoisotopic (exact) mass is 197 g/mol. The van der Waals surface area contributed by atoms with E-state index in [1.54, 1.807) is 6.07 Å². The van der Waals surface area contributed by atoms with Gasteiger partial charge < -0.3 is 5.32 Å². The summed E-state index contributed by atoms with van der Waals surface area (Å²) in [5, 5.41) is 2.89. The molecule has 0 bridgehead atoms. The van der Waals surface area contributed by atoms with Crippen LogP contribution in [-0.2, 0) is 6.42 Å². The zero-order chi connectivity index (χ0) is 10.2. The van der Waals surface area contributed by atoms with Crippen LogP contribution >= 0.6 is 0 Å². The van der Waals surface area contributed by atoms with Crippen LogP contribution in [0.4, 0.5) is 8.78 Å². The molecule has 1 aromatic rings. The fourth-order valence-electron chi connectivity index (χ4n) is 1.69. The van der Waals surface area contributed by atoms with E-state index in [0.717, 1.165) is 11.1 Å². The first-order valence-corrected chi connectivity index (χ1v) is 4.74. The standard InChI is InChI=1S/C11H13F2N/c1-8-2-3-10(12)4-9(8)5-11(13)6-14-7-11/h2-4,14H,5-7H2,1H3. The van der Waals surface area contributed by atoms with E-state index in [1.807, 2.05) is 6.92 Å². The SMILES string of the molecule is Cc1ccc(F)cc1CC1(F)CNC1. The van der Waals surface area contributed by atoms with E-state index in [1.165, 1.54) is 12.1 Å². The highest BCUT2D eigenvalue weighted by atomic mass is 19.1. The Balaban J connectivity index is 2.19. The first kappa shape index (κ1) is 9.59. The Hall–Kier alpha value is -0.960. The highest BCUT2D eigenvalue weighted by Crippen LogP contribution is 2.24. The van der Waals surface area contributed by atoms with Crippen LogP contribution in [-0.4, -0.2) is 18.8 Å². The molecule has 1 nitrogen and oxygen atoms in total. The van der Waals surface area contributed by atoms with Gasteiger partial charge in [-0.2, -0.15) is 0 Å². The third-order valence-corrected chi connectivity index (χ3v) is 2.70. The molecule has 1 aromatic carbocycles. The average Bonchev–Trinajstić information content (AvgIpc) is 2.09. The van der Waals surface area contributed by atoms with Gasteiger partial charge in [-0.05, 0) is 30.2 Å². The Bertz CT molecular complexity index is 345. The number of halogens is 2. The highest BCUT2D eigenvalue weighted by molar-refractivity contribution is 5.28. The summed E-state index contributed by atoms with van der Waals surface area (Å²) in [5.74, 6) is -0.290. The van der Waals surface area contributed by atoms with Crippen molar-refractivity contribution in [3.8, 4) is 0 Å². The van der Waals surface area contributed by atoms with Crippen LogP contribution < -0.4 is 5.32 Å². The topological polar surface area (TPSA) is 12.0 Å². The van der Waals surface area contributed by atoms with Gasteiger partial charge in [0.2, 0.25) is 0 Å². The molecule has 2 rings (SSSR count). The molecule has 1 aliphatic rings. The van der Waals surface area contributed by atoms with Crippen molar-refractivity contribution in [2.75, 3.05) is 13.1 Å². The van der Waals surface area contributed by atoms with E-state index in [9.17, 15) is 8.78 Å². The van der Waals surface area contributed by atoms with Gasteiger partial charge in [0.25, 0.3) is 0 Å². The van der Waals surface area contributed by atoms with Crippen LogP contribution in [0.1, 0.15) is 11.1 Å². The highest BCUT2D eigenvalue weighted by Gasteiger charge is 2.37. The minimum atomic E-state index is -1.17. The summed E-state index contributed by atoms with van der Waals surface area (Å²) in [4.78, 5) is 0. The zero-order valence-corrected chi connectivity index (χ0v) is 8.11. The van der Waals surface area contributed by atoms with Gasteiger partial charge in [-0.3, -0.25) is 0 Å². The second kappa shape index (κ2) is 3.31. The van der Waals surface area contributed by atoms with E-state index in [-0.39, 0.29) is 5.82 Å². The van der Waals surface area contributed by atoms with Crippen LogP contribution in [0.25, 0.3) is 0 Å². The molecule has 1 N–H and O–H groups in total. The second-order valence-corrected chi connectivity index (χ2v) is 4.00. The predicted octanol–water partition coefficient (Wildman–Crippen LogP) is 1.99. The maximum atomic E-state index is 13.7. The fraction of sp³-hybridized carbons (Fsp3) is 0.455. The quantitative estimate of drug-likeness (QED) is 0.764. The minimum absolute atomic E-state index is 0.290. The Morgan fingerprint density at radius 2 is 2.14 bits per heavy atom. The van der Waals surface area contributed by atoms with Gasteiger partial charge in [-0.15, -0.1) is 0 Å². The summed E-state index contributed by atoms with van der Waals surface area (Å²) in [6.45, 7) is 2.64. The molecular formula is C11H13F2N. The molecule has 0 unspecified atom stereocenters. The van der Waals surface area contributed by atoms with E-state index in [4.69, 9.17) is 0 Å². The number of nitrogens with one attached hydrogen (secondary N) is 1.